The van der Waals surface area contributed by atoms with Crippen LogP contribution in [0.3, 0.4) is 0 Å². The van der Waals surface area contributed by atoms with E-state index in [1.54, 1.807) is 0 Å². The van der Waals surface area contributed by atoms with E-state index in [2.05, 4.69) is 86.4 Å². The first-order valence-electron chi connectivity index (χ1n) is 6.97. The zero-order valence-electron chi connectivity index (χ0n) is 12.4. The average Bonchev–Trinajstić information content (AvgIpc) is 2.50. The third kappa shape index (κ3) is 5.47. The zero-order chi connectivity index (χ0) is 14.9. The first-order valence-corrected chi connectivity index (χ1v) is 6.97. The number of hydrogen-bond acceptors (Lipinski definition) is 1. The Morgan fingerprint density at radius 3 is 1.43 bits per heavy atom. The van der Waals surface area contributed by atoms with Crippen LogP contribution in [0.15, 0.2) is 48.5 Å². The summed E-state index contributed by atoms with van der Waals surface area (Å²) in [5, 5.41) is 0. The molecule has 0 unspecified atom stereocenters. The van der Waals surface area contributed by atoms with Gasteiger partial charge in [-0.3, -0.25) is 0 Å². The molecule has 0 amide bonds. The Hall–Kier alpha value is -2.64. The smallest absolute Gasteiger partial charge is 0.130 e. The highest BCUT2D eigenvalue weighted by molar-refractivity contribution is 5.25. The second-order valence-corrected chi connectivity index (χ2v) is 4.98. The molecular formula is C20H18O. The highest BCUT2D eigenvalue weighted by atomic mass is 16.5. The summed E-state index contributed by atoms with van der Waals surface area (Å²) >= 11 is 0. The van der Waals surface area contributed by atoms with Crippen LogP contribution < -0.4 is 0 Å². The fourth-order valence-electron chi connectivity index (χ4n) is 1.79. The van der Waals surface area contributed by atoms with Crippen molar-refractivity contribution in [3.63, 3.8) is 0 Å². The summed E-state index contributed by atoms with van der Waals surface area (Å²) < 4.78 is 5.00. The minimum Gasteiger partial charge on any atom is -0.357 e. The molecule has 0 aliphatic carbocycles. The molecule has 1 nitrogen and oxygen atoms in total. The molecule has 0 aromatic heterocycles. The molecular weight excluding hydrogens is 256 g/mol. The Labute approximate surface area is 127 Å². The van der Waals surface area contributed by atoms with E-state index < -0.39 is 0 Å². The number of benzene rings is 2. The highest BCUT2D eigenvalue weighted by Gasteiger charge is 1.89. The summed E-state index contributed by atoms with van der Waals surface area (Å²) in [6.07, 6.45) is 6.60. The van der Waals surface area contributed by atoms with Crippen molar-refractivity contribution in [2.75, 3.05) is 0 Å². The van der Waals surface area contributed by atoms with Gasteiger partial charge in [0.15, 0.2) is 0 Å². The summed E-state index contributed by atoms with van der Waals surface area (Å²) in [7, 11) is 0. The summed E-state index contributed by atoms with van der Waals surface area (Å²) in [5.74, 6) is 5.91. The predicted molar refractivity (Wildman–Crippen MR) is 86.4 cm³/mol. The molecule has 0 bridgehead atoms. The van der Waals surface area contributed by atoms with Gasteiger partial charge < -0.3 is 4.74 Å². The van der Waals surface area contributed by atoms with E-state index in [-0.39, 0.29) is 0 Å². The van der Waals surface area contributed by atoms with Crippen LogP contribution in [0.2, 0.25) is 0 Å². The van der Waals surface area contributed by atoms with Gasteiger partial charge in [0.05, 0.1) is 0 Å². The summed E-state index contributed by atoms with van der Waals surface area (Å²) in [6.45, 7) is 4.14. The molecule has 2 rings (SSSR count). The topological polar surface area (TPSA) is 9.23 Å². The first-order chi connectivity index (χ1) is 10.2. The minimum absolute atomic E-state index is 0.680. The van der Waals surface area contributed by atoms with E-state index in [1.807, 2.05) is 0 Å². The second kappa shape index (κ2) is 7.83. The fourth-order valence-corrected chi connectivity index (χ4v) is 1.79. The van der Waals surface area contributed by atoms with Crippen molar-refractivity contribution >= 4 is 0 Å². The van der Waals surface area contributed by atoms with Gasteiger partial charge in [-0.2, -0.15) is 0 Å². The predicted octanol–water partition coefficient (Wildman–Crippen LogP) is 4.03. The van der Waals surface area contributed by atoms with Crippen molar-refractivity contribution in [2.45, 2.75) is 26.7 Å². The van der Waals surface area contributed by atoms with E-state index in [0.717, 1.165) is 0 Å². The van der Waals surface area contributed by atoms with Crippen molar-refractivity contribution in [3.8, 4) is 24.1 Å². The Kier molecular flexibility index (Phi) is 5.50. The van der Waals surface area contributed by atoms with Crippen LogP contribution in [0.4, 0.5) is 0 Å². The summed E-state index contributed by atoms with van der Waals surface area (Å²) in [6, 6.07) is 16.6. The quantitative estimate of drug-likeness (QED) is 0.751. The van der Waals surface area contributed by atoms with E-state index in [9.17, 15) is 0 Å². The van der Waals surface area contributed by atoms with Gasteiger partial charge in [-0.15, -0.1) is 0 Å². The molecule has 0 saturated heterocycles. The molecule has 0 fully saturated rings. The van der Waals surface area contributed by atoms with Crippen LogP contribution in [-0.4, -0.2) is 0 Å². The van der Waals surface area contributed by atoms with Crippen LogP contribution in [0, 0.1) is 37.9 Å². The monoisotopic (exact) mass is 274 g/mol. The van der Waals surface area contributed by atoms with Gasteiger partial charge in [0, 0.05) is 12.8 Å². The van der Waals surface area contributed by atoms with E-state index in [4.69, 9.17) is 4.74 Å². The van der Waals surface area contributed by atoms with Gasteiger partial charge in [-0.05, 0) is 25.0 Å². The SMILES string of the molecule is Cc1ccc(CC#COC#CCc2ccc(C)cc2)cc1. The Bertz CT molecular complexity index is 622. The van der Waals surface area contributed by atoms with Gasteiger partial charge in [0.25, 0.3) is 0 Å². The van der Waals surface area contributed by atoms with Crippen LogP contribution in [0.5, 0.6) is 0 Å². The molecule has 2 aromatic rings. The zero-order valence-corrected chi connectivity index (χ0v) is 12.4. The molecule has 2 aromatic carbocycles. The van der Waals surface area contributed by atoms with Crippen LogP contribution in [0.25, 0.3) is 0 Å². The molecule has 1 heteroatoms. The van der Waals surface area contributed by atoms with Crippen LogP contribution in [-0.2, 0) is 17.6 Å². The lowest BCUT2D eigenvalue weighted by Gasteiger charge is -1.95. The lowest BCUT2D eigenvalue weighted by molar-refractivity contribution is 0.478. The molecule has 0 spiro atoms. The molecule has 0 atom stereocenters. The van der Waals surface area contributed by atoms with Gasteiger partial charge in [0.1, 0.15) is 12.2 Å². The maximum absolute atomic E-state index is 5.00. The first kappa shape index (κ1) is 14.8. The van der Waals surface area contributed by atoms with Crippen molar-refractivity contribution < 1.29 is 4.74 Å². The van der Waals surface area contributed by atoms with Gasteiger partial charge >= 0.3 is 0 Å². The number of hydrogen-bond donors (Lipinski definition) is 0. The Morgan fingerprint density at radius 2 is 1.05 bits per heavy atom. The molecule has 0 N–H and O–H groups in total. The second-order valence-electron chi connectivity index (χ2n) is 4.98. The minimum atomic E-state index is 0.680. The van der Waals surface area contributed by atoms with Crippen LogP contribution >= 0.6 is 0 Å². The summed E-state index contributed by atoms with van der Waals surface area (Å²) in [4.78, 5) is 0. The van der Waals surface area contributed by atoms with E-state index in [1.165, 1.54) is 22.3 Å². The molecule has 0 heterocycles. The van der Waals surface area contributed by atoms with E-state index in [0.29, 0.717) is 12.8 Å². The highest BCUT2D eigenvalue weighted by Crippen LogP contribution is 2.03. The van der Waals surface area contributed by atoms with Crippen molar-refractivity contribution in [2.24, 2.45) is 0 Å². The molecule has 0 saturated carbocycles. The fraction of sp³-hybridized carbons (Fsp3) is 0.200. The molecule has 0 aliphatic heterocycles. The molecule has 0 aliphatic rings. The lowest BCUT2D eigenvalue weighted by atomic mass is 10.1. The standard InChI is InChI=1S/C20H18O/c1-17-7-11-19(12-8-17)5-3-15-21-16-4-6-20-13-9-18(2)10-14-20/h7-14H,5-6H2,1-2H3. The number of rotatable bonds is 2. The summed E-state index contributed by atoms with van der Waals surface area (Å²) in [5.41, 5.74) is 4.88. The van der Waals surface area contributed by atoms with Crippen molar-refractivity contribution in [1.82, 2.24) is 0 Å². The molecule has 104 valence electrons. The molecule has 0 radical (unpaired) electrons. The average molecular weight is 274 g/mol. The lowest BCUT2D eigenvalue weighted by Crippen LogP contribution is -1.82. The Morgan fingerprint density at radius 1 is 0.667 bits per heavy atom. The number of aryl methyl sites for hydroxylation is 2. The van der Waals surface area contributed by atoms with Gasteiger partial charge in [0.2, 0.25) is 0 Å². The van der Waals surface area contributed by atoms with Crippen LogP contribution in [0.1, 0.15) is 22.3 Å². The number of ether oxygens (including phenoxy) is 1. The van der Waals surface area contributed by atoms with Gasteiger partial charge in [-0.1, -0.05) is 71.5 Å². The van der Waals surface area contributed by atoms with E-state index >= 15 is 0 Å². The third-order valence-electron chi connectivity index (χ3n) is 3.07. The Balaban J connectivity index is 1.75. The maximum atomic E-state index is 5.00. The normalized spacial score (nSPS) is 9.05. The largest absolute Gasteiger partial charge is 0.357 e. The molecule has 21 heavy (non-hydrogen) atoms. The maximum Gasteiger partial charge on any atom is 0.130 e. The third-order valence-corrected chi connectivity index (χ3v) is 3.07. The van der Waals surface area contributed by atoms with Gasteiger partial charge in [-0.25, -0.2) is 0 Å². The van der Waals surface area contributed by atoms with Crippen molar-refractivity contribution in [3.05, 3.63) is 70.8 Å². The van der Waals surface area contributed by atoms with Crippen molar-refractivity contribution in [1.29, 1.82) is 0 Å².